The van der Waals surface area contributed by atoms with E-state index < -0.39 is 23.0 Å². The van der Waals surface area contributed by atoms with Gasteiger partial charge in [-0.2, -0.15) is 5.10 Å². The van der Waals surface area contributed by atoms with Gasteiger partial charge >= 0.3 is 5.69 Å². The van der Waals surface area contributed by atoms with Gasteiger partial charge in [0.25, 0.3) is 11.5 Å². The highest BCUT2D eigenvalue weighted by Gasteiger charge is 2.09. The fraction of sp³-hybridized carbons (Fsp3) is 0.0667. The average molecular weight is 314 g/mol. The molecule has 2 aromatic rings. The van der Waals surface area contributed by atoms with Gasteiger partial charge < -0.3 is 5.11 Å². The maximum absolute atomic E-state index is 11.6. The molecule has 1 heterocycles. The Bertz CT molecular complexity index is 879. The van der Waals surface area contributed by atoms with Crippen molar-refractivity contribution in [2.45, 2.75) is 0 Å². The molecule has 23 heavy (non-hydrogen) atoms. The number of H-pyrrole nitrogens is 1. The molecule has 0 unspecified atom stereocenters. The van der Waals surface area contributed by atoms with Crippen molar-refractivity contribution in [3.05, 3.63) is 68.4 Å². The normalized spacial score (nSPS) is 11.2. The Kier molecular flexibility index (Phi) is 4.88. The number of aromatic nitrogens is 2. The zero-order valence-electron chi connectivity index (χ0n) is 12.2. The molecule has 8 heteroatoms. The van der Waals surface area contributed by atoms with Gasteiger partial charge in [0.15, 0.2) is 0 Å². The first-order valence-corrected chi connectivity index (χ1v) is 6.57. The van der Waals surface area contributed by atoms with Gasteiger partial charge in [-0.15, -0.1) is 0 Å². The van der Waals surface area contributed by atoms with Crippen LogP contribution < -0.4 is 16.7 Å². The molecule has 0 spiro atoms. The summed E-state index contributed by atoms with van der Waals surface area (Å²) in [6, 6.07) is 9.19. The average Bonchev–Trinajstić information content (AvgIpc) is 2.55. The summed E-state index contributed by atoms with van der Waals surface area (Å²) in [5.74, 6) is -1.05. The molecule has 1 amide bonds. The Morgan fingerprint density at radius 1 is 1.30 bits per heavy atom. The summed E-state index contributed by atoms with van der Waals surface area (Å²) in [5.41, 5.74) is 1.24. The molecule has 0 saturated heterocycles. The highest BCUT2D eigenvalue weighted by Crippen LogP contribution is 2.04. The van der Waals surface area contributed by atoms with Crippen LogP contribution in [0.15, 0.2) is 51.1 Å². The minimum atomic E-state index is -0.802. The molecule has 0 saturated carbocycles. The molecule has 0 aliphatic rings. The van der Waals surface area contributed by atoms with Crippen LogP contribution in [0.3, 0.4) is 0 Å². The lowest BCUT2D eigenvalue weighted by Crippen LogP contribution is -2.30. The van der Waals surface area contributed by atoms with Crippen molar-refractivity contribution in [2.75, 3.05) is 0 Å². The van der Waals surface area contributed by atoms with E-state index in [4.69, 9.17) is 0 Å². The van der Waals surface area contributed by atoms with Gasteiger partial charge in [-0.05, 0) is 11.6 Å². The zero-order chi connectivity index (χ0) is 16.8. The number of hydrazone groups is 1. The Morgan fingerprint density at radius 2 is 2.00 bits per heavy atom. The summed E-state index contributed by atoms with van der Waals surface area (Å²) in [4.78, 5) is 36.4. The predicted molar refractivity (Wildman–Crippen MR) is 85.2 cm³/mol. The van der Waals surface area contributed by atoms with E-state index in [-0.39, 0.29) is 5.56 Å². The maximum Gasteiger partial charge on any atom is 0.330 e. The second-order valence-corrected chi connectivity index (χ2v) is 4.53. The van der Waals surface area contributed by atoms with Crippen LogP contribution in [0.5, 0.6) is 5.88 Å². The lowest BCUT2D eigenvalue weighted by Gasteiger charge is -2.02. The second kappa shape index (κ2) is 7.03. The lowest BCUT2D eigenvalue weighted by atomic mass is 10.2. The molecular weight excluding hydrogens is 300 g/mol. The fourth-order valence-electron chi connectivity index (χ4n) is 1.68. The SMILES string of the molecule is Cn1c(O)c(C=NNC(=O)/C=C/c2ccccc2)c(=O)[nH]c1=O. The quantitative estimate of drug-likeness (QED) is 0.416. The fourth-order valence-corrected chi connectivity index (χ4v) is 1.68. The van der Waals surface area contributed by atoms with E-state index in [1.807, 2.05) is 35.3 Å². The Hall–Kier alpha value is -3.42. The standard InChI is InChI=1S/C15H14N4O4/c1-19-14(22)11(13(21)17-15(19)23)9-16-18-12(20)8-7-10-5-3-2-4-6-10/h2-9,22H,1H3,(H,18,20)(H,17,21,23)/b8-7+,16-9?. The number of benzene rings is 1. The van der Waals surface area contributed by atoms with E-state index in [0.29, 0.717) is 0 Å². The molecule has 0 bridgehead atoms. The minimum absolute atomic E-state index is 0.237. The van der Waals surface area contributed by atoms with Gasteiger partial charge in [-0.25, -0.2) is 10.2 Å². The van der Waals surface area contributed by atoms with Crippen LogP contribution in [0, 0.1) is 0 Å². The molecule has 1 aromatic heterocycles. The predicted octanol–water partition coefficient (Wildman–Crippen LogP) is -0.0573. The number of carbonyl (C=O) groups excluding carboxylic acids is 1. The second-order valence-electron chi connectivity index (χ2n) is 4.53. The summed E-state index contributed by atoms with van der Waals surface area (Å²) >= 11 is 0. The van der Waals surface area contributed by atoms with Crippen LogP contribution in [0.2, 0.25) is 0 Å². The largest absolute Gasteiger partial charge is 0.494 e. The van der Waals surface area contributed by atoms with Crippen molar-refractivity contribution in [1.82, 2.24) is 15.0 Å². The van der Waals surface area contributed by atoms with Crippen molar-refractivity contribution in [3.8, 4) is 5.88 Å². The number of hydrogen-bond donors (Lipinski definition) is 3. The van der Waals surface area contributed by atoms with Crippen molar-refractivity contribution in [3.63, 3.8) is 0 Å². The molecule has 0 radical (unpaired) electrons. The van der Waals surface area contributed by atoms with Gasteiger partial charge in [0, 0.05) is 13.1 Å². The van der Waals surface area contributed by atoms with E-state index in [9.17, 15) is 19.5 Å². The topological polar surface area (TPSA) is 117 Å². The number of carbonyl (C=O) groups is 1. The molecule has 0 fully saturated rings. The van der Waals surface area contributed by atoms with Crippen molar-refractivity contribution < 1.29 is 9.90 Å². The Balaban J connectivity index is 2.07. The van der Waals surface area contributed by atoms with Crippen LogP contribution in [0.25, 0.3) is 6.08 Å². The number of nitrogens with zero attached hydrogens (tertiary/aromatic N) is 2. The van der Waals surface area contributed by atoms with E-state index in [0.717, 1.165) is 16.3 Å². The van der Waals surface area contributed by atoms with Crippen molar-refractivity contribution >= 4 is 18.2 Å². The third-order valence-electron chi connectivity index (χ3n) is 2.92. The van der Waals surface area contributed by atoms with Gasteiger partial charge in [-0.1, -0.05) is 30.3 Å². The van der Waals surface area contributed by atoms with Crippen molar-refractivity contribution in [1.29, 1.82) is 0 Å². The first kappa shape index (κ1) is 16.0. The van der Waals surface area contributed by atoms with Crippen LogP contribution >= 0.6 is 0 Å². The zero-order valence-corrected chi connectivity index (χ0v) is 12.2. The third kappa shape index (κ3) is 4.03. The lowest BCUT2D eigenvalue weighted by molar-refractivity contribution is -0.116. The molecule has 118 valence electrons. The monoisotopic (exact) mass is 314 g/mol. The number of amides is 1. The molecule has 0 atom stereocenters. The van der Waals surface area contributed by atoms with Crippen LogP contribution in [-0.2, 0) is 11.8 Å². The maximum atomic E-state index is 11.6. The first-order valence-electron chi connectivity index (χ1n) is 6.57. The summed E-state index contributed by atoms with van der Waals surface area (Å²) in [7, 11) is 1.28. The van der Waals surface area contributed by atoms with Crippen LogP contribution in [-0.4, -0.2) is 26.8 Å². The molecule has 3 N–H and O–H groups in total. The molecule has 2 rings (SSSR count). The Labute approximate surface area is 130 Å². The van der Waals surface area contributed by atoms with E-state index in [1.165, 1.54) is 13.1 Å². The van der Waals surface area contributed by atoms with Crippen LogP contribution in [0.1, 0.15) is 11.1 Å². The van der Waals surface area contributed by atoms with Gasteiger partial charge in [0.1, 0.15) is 5.56 Å². The third-order valence-corrected chi connectivity index (χ3v) is 2.92. The van der Waals surface area contributed by atoms with Crippen LogP contribution in [0.4, 0.5) is 0 Å². The minimum Gasteiger partial charge on any atom is -0.494 e. The van der Waals surface area contributed by atoms with E-state index in [2.05, 4.69) is 10.5 Å². The highest BCUT2D eigenvalue weighted by atomic mass is 16.3. The van der Waals surface area contributed by atoms with Gasteiger partial charge in [-0.3, -0.25) is 19.1 Å². The molecule has 1 aromatic carbocycles. The van der Waals surface area contributed by atoms with E-state index in [1.54, 1.807) is 6.08 Å². The summed E-state index contributed by atoms with van der Waals surface area (Å²) in [5, 5.41) is 13.3. The number of hydrogen-bond acceptors (Lipinski definition) is 5. The molecule has 8 nitrogen and oxygen atoms in total. The summed E-state index contributed by atoms with van der Waals surface area (Å²) in [6.45, 7) is 0. The highest BCUT2D eigenvalue weighted by molar-refractivity contribution is 5.92. The summed E-state index contributed by atoms with van der Waals surface area (Å²) in [6.07, 6.45) is 3.83. The molecule has 0 aliphatic heterocycles. The molecule has 0 aliphatic carbocycles. The Morgan fingerprint density at radius 3 is 2.70 bits per heavy atom. The first-order chi connectivity index (χ1) is 11.0. The number of rotatable bonds is 4. The van der Waals surface area contributed by atoms with E-state index >= 15 is 0 Å². The number of nitrogens with one attached hydrogen (secondary N) is 2. The van der Waals surface area contributed by atoms with Gasteiger partial charge in [0.2, 0.25) is 5.88 Å². The van der Waals surface area contributed by atoms with Gasteiger partial charge in [0.05, 0.1) is 6.21 Å². The number of aromatic amines is 1. The number of aromatic hydroxyl groups is 1. The molecular formula is C15H14N4O4. The van der Waals surface area contributed by atoms with Crippen molar-refractivity contribution in [2.24, 2.45) is 12.1 Å². The summed E-state index contributed by atoms with van der Waals surface area (Å²) < 4.78 is 0.847. The smallest absolute Gasteiger partial charge is 0.330 e.